The van der Waals surface area contributed by atoms with Gasteiger partial charge >= 0.3 is 0 Å². The number of carbonyl (C=O) groups is 2. The largest absolute Gasteiger partial charge is 0.378 e. The highest BCUT2D eigenvalue weighted by Gasteiger charge is 2.22. The number of ether oxygens (including phenoxy) is 1. The Morgan fingerprint density at radius 1 is 1.41 bits per heavy atom. The average Bonchev–Trinajstić information content (AvgIpc) is 2.49. The molecule has 0 saturated carbocycles. The third-order valence-corrected chi connectivity index (χ3v) is 3.77. The van der Waals surface area contributed by atoms with Crippen LogP contribution in [0.15, 0.2) is 12.1 Å². The van der Waals surface area contributed by atoms with E-state index < -0.39 is 5.82 Å². The number of rotatable bonds is 3. The molecule has 2 heterocycles. The third kappa shape index (κ3) is 3.42. The maximum absolute atomic E-state index is 13.7. The topological polar surface area (TPSA) is 79.5 Å². The lowest BCUT2D eigenvalue weighted by Crippen LogP contribution is -2.43. The molecule has 1 aromatic carbocycles. The van der Waals surface area contributed by atoms with E-state index in [1.165, 1.54) is 12.1 Å². The summed E-state index contributed by atoms with van der Waals surface area (Å²) in [6, 6.07) is 2.57. The van der Waals surface area contributed by atoms with Gasteiger partial charge in [0.05, 0.1) is 24.6 Å². The molecule has 1 fully saturated rings. The van der Waals surface area contributed by atoms with E-state index >= 15 is 0 Å². The van der Waals surface area contributed by atoms with Gasteiger partial charge in [0.25, 0.3) is 0 Å². The van der Waals surface area contributed by atoms with Crippen LogP contribution >= 0.6 is 0 Å². The number of fused-ring (bicyclic) bond motifs is 1. The van der Waals surface area contributed by atoms with Crippen LogP contribution in [0.3, 0.4) is 0 Å². The van der Waals surface area contributed by atoms with E-state index in [4.69, 9.17) is 4.74 Å². The first-order valence-corrected chi connectivity index (χ1v) is 7.35. The second-order valence-electron chi connectivity index (χ2n) is 5.51. The fraction of sp³-hybridized carbons (Fsp3) is 0.467. The molecule has 7 heteroatoms. The summed E-state index contributed by atoms with van der Waals surface area (Å²) in [5, 5.41) is 8.58. The highest BCUT2D eigenvalue weighted by atomic mass is 19.1. The van der Waals surface area contributed by atoms with Crippen LogP contribution in [-0.4, -0.2) is 37.6 Å². The maximum Gasteiger partial charge on any atom is 0.226 e. The van der Waals surface area contributed by atoms with E-state index in [1.54, 1.807) is 0 Å². The predicted molar refractivity (Wildman–Crippen MR) is 79.2 cm³/mol. The summed E-state index contributed by atoms with van der Waals surface area (Å²) in [7, 11) is 0. The number of carbonyl (C=O) groups excluding carboxylic acids is 2. The summed E-state index contributed by atoms with van der Waals surface area (Å²) in [6.45, 7) is 1.83. The second kappa shape index (κ2) is 6.41. The molecule has 22 heavy (non-hydrogen) atoms. The van der Waals surface area contributed by atoms with Gasteiger partial charge in [-0.1, -0.05) is 0 Å². The van der Waals surface area contributed by atoms with Gasteiger partial charge in [0.2, 0.25) is 11.8 Å². The highest BCUT2D eigenvalue weighted by molar-refractivity contribution is 6.02. The van der Waals surface area contributed by atoms with Gasteiger partial charge < -0.3 is 20.7 Å². The van der Waals surface area contributed by atoms with Crippen LogP contribution in [0.4, 0.5) is 15.8 Å². The third-order valence-electron chi connectivity index (χ3n) is 3.77. The molecular formula is C15H18FN3O3. The SMILES string of the molecule is O=C(C[C@H]1COCCN1)Nc1cc(F)cc2c1NC(=O)CC2. The molecule has 0 bridgehead atoms. The fourth-order valence-electron chi connectivity index (χ4n) is 2.73. The Hall–Kier alpha value is -1.99. The van der Waals surface area contributed by atoms with Crippen LogP contribution in [0, 0.1) is 5.82 Å². The van der Waals surface area contributed by atoms with Crippen LogP contribution in [0.1, 0.15) is 18.4 Å². The van der Waals surface area contributed by atoms with Gasteiger partial charge in [-0.05, 0) is 24.1 Å². The normalized spacial score (nSPS) is 21.0. The Bertz CT molecular complexity index is 600. The average molecular weight is 307 g/mol. The molecule has 0 unspecified atom stereocenters. The van der Waals surface area contributed by atoms with E-state index in [0.29, 0.717) is 49.5 Å². The number of morpholine rings is 1. The van der Waals surface area contributed by atoms with Crippen molar-refractivity contribution in [2.75, 3.05) is 30.4 Å². The standard InChI is InChI=1S/C15H18FN3O3/c16-10-5-9-1-2-13(20)19-15(9)12(6-10)18-14(21)7-11-8-22-4-3-17-11/h5-6,11,17H,1-4,7-8H2,(H,18,21)(H,19,20)/t11-/m0/s1. The van der Waals surface area contributed by atoms with Crippen molar-refractivity contribution >= 4 is 23.2 Å². The van der Waals surface area contributed by atoms with Gasteiger partial charge in [-0.25, -0.2) is 4.39 Å². The molecule has 1 aromatic rings. The summed E-state index contributed by atoms with van der Waals surface area (Å²) in [5.41, 5.74) is 1.51. The number of amides is 2. The minimum atomic E-state index is -0.427. The van der Waals surface area contributed by atoms with Crippen molar-refractivity contribution in [2.24, 2.45) is 0 Å². The Morgan fingerprint density at radius 2 is 2.27 bits per heavy atom. The van der Waals surface area contributed by atoms with E-state index in [9.17, 15) is 14.0 Å². The Morgan fingerprint density at radius 3 is 3.05 bits per heavy atom. The Labute approximate surface area is 127 Å². The molecule has 2 aliphatic rings. The summed E-state index contributed by atoms with van der Waals surface area (Å²) in [5.74, 6) is -0.795. The number of hydrogen-bond acceptors (Lipinski definition) is 4. The van der Waals surface area contributed by atoms with Gasteiger partial charge in [-0.3, -0.25) is 9.59 Å². The van der Waals surface area contributed by atoms with E-state index in [2.05, 4.69) is 16.0 Å². The van der Waals surface area contributed by atoms with Crippen LogP contribution in [0.5, 0.6) is 0 Å². The quantitative estimate of drug-likeness (QED) is 0.779. The number of aryl methyl sites for hydroxylation is 1. The van der Waals surface area contributed by atoms with Gasteiger partial charge in [-0.15, -0.1) is 0 Å². The molecule has 2 aliphatic heterocycles. The monoisotopic (exact) mass is 307 g/mol. The minimum absolute atomic E-state index is 0.0484. The lowest BCUT2D eigenvalue weighted by Gasteiger charge is -2.24. The highest BCUT2D eigenvalue weighted by Crippen LogP contribution is 2.32. The molecule has 3 N–H and O–H groups in total. The van der Waals surface area contributed by atoms with Crippen LogP contribution in [0.25, 0.3) is 0 Å². The lowest BCUT2D eigenvalue weighted by atomic mass is 10.0. The Kier molecular flexibility index (Phi) is 4.35. The minimum Gasteiger partial charge on any atom is -0.378 e. The zero-order valence-corrected chi connectivity index (χ0v) is 12.1. The van der Waals surface area contributed by atoms with Crippen molar-refractivity contribution in [1.29, 1.82) is 0 Å². The zero-order valence-electron chi connectivity index (χ0n) is 12.1. The first-order chi connectivity index (χ1) is 10.6. The lowest BCUT2D eigenvalue weighted by molar-refractivity contribution is -0.118. The van der Waals surface area contributed by atoms with Crippen molar-refractivity contribution < 1.29 is 18.7 Å². The molecular weight excluding hydrogens is 289 g/mol. The molecule has 0 aliphatic carbocycles. The van der Waals surface area contributed by atoms with Gasteiger partial charge in [-0.2, -0.15) is 0 Å². The van der Waals surface area contributed by atoms with E-state index in [1.807, 2.05) is 0 Å². The Balaban J connectivity index is 1.72. The van der Waals surface area contributed by atoms with Crippen molar-refractivity contribution in [2.45, 2.75) is 25.3 Å². The van der Waals surface area contributed by atoms with E-state index in [0.717, 1.165) is 0 Å². The molecule has 1 atom stereocenters. The first kappa shape index (κ1) is 14.9. The second-order valence-corrected chi connectivity index (χ2v) is 5.51. The van der Waals surface area contributed by atoms with Crippen molar-refractivity contribution in [3.05, 3.63) is 23.5 Å². The van der Waals surface area contributed by atoms with Crippen molar-refractivity contribution in [3.63, 3.8) is 0 Å². The van der Waals surface area contributed by atoms with Crippen LogP contribution < -0.4 is 16.0 Å². The van der Waals surface area contributed by atoms with Crippen LogP contribution in [0.2, 0.25) is 0 Å². The first-order valence-electron chi connectivity index (χ1n) is 7.35. The molecule has 0 spiro atoms. The molecule has 118 valence electrons. The molecule has 3 rings (SSSR count). The van der Waals surface area contributed by atoms with Crippen molar-refractivity contribution in [3.8, 4) is 0 Å². The number of benzene rings is 1. The smallest absolute Gasteiger partial charge is 0.226 e. The fourth-order valence-corrected chi connectivity index (χ4v) is 2.73. The summed E-state index contributed by atoms with van der Waals surface area (Å²) >= 11 is 0. The maximum atomic E-state index is 13.7. The van der Waals surface area contributed by atoms with Crippen LogP contribution in [-0.2, 0) is 20.7 Å². The predicted octanol–water partition coefficient (Wildman–Crippen LogP) is 1.03. The summed E-state index contributed by atoms with van der Waals surface area (Å²) in [6.07, 6.45) is 1.03. The number of nitrogens with one attached hydrogen (secondary N) is 3. The van der Waals surface area contributed by atoms with Gasteiger partial charge in [0, 0.05) is 25.4 Å². The number of hydrogen-bond donors (Lipinski definition) is 3. The number of anilines is 2. The molecule has 6 nitrogen and oxygen atoms in total. The molecule has 2 amide bonds. The molecule has 0 radical (unpaired) electrons. The van der Waals surface area contributed by atoms with Gasteiger partial charge in [0.1, 0.15) is 5.82 Å². The summed E-state index contributed by atoms with van der Waals surface area (Å²) in [4.78, 5) is 23.6. The van der Waals surface area contributed by atoms with E-state index in [-0.39, 0.29) is 24.3 Å². The van der Waals surface area contributed by atoms with Gasteiger partial charge in [0.15, 0.2) is 0 Å². The summed E-state index contributed by atoms with van der Waals surface area (Å²) < 4.78 is 19.0. The van der Waals surface area contributed by atoms with Crippen molar-refractivity contribution in [1.82, 2.24) is 5.32 Å². The number of halogens is 1. The zero-order chi connectivity index (χ0) is 15.5. The molecule has 0 aromatic heterocycles. The molecule has 1 saturated heterocycles.